The molecule has 0 aliphatic carbocycles. The van der Waals surface area contributed by atoms with Crippen molar-refractivity contribution in [1.29, 1.82) is 0 Å². The van der Waals surface area contributed by atoms with Crippen LogP contribution in [0.4, 0.5) is 0 Å². The van der Waals surface area contributed by atoms with Gasteiger partial charge in [-0.05, 0) is 18.5 Å². The zero-order valence-electron chi connectivity index (χ0n) is 10.4. The molecule has 1 aromatic carbocycles. The molecule has 0 radical (unpaired) electrons. The summed E-state index contributed by atoms with van der Waals surface area (Å²) >= 11 is 3.84. The molecule has 0 fully saturated rings. The van der Waals surface area contributed by atoms with Crippen LogP contribution in [0.1, 0.15) is 5.56 Å². The molecule has 3 rings (SSSR count). The highest BCUT2D eigenvalue weighted by Gasteiger charge is 2.22. The number of aromatic nitrogens is 4. The zero-order valence-corrected chi connectivity index (χ0v) is 11.3. The minimum absolute atomic E-state index is 0.208. The van der Waals surface area contributed by atoms with E-state index in [-0.39, 0.29) is 6.01 Å². The van der Waals surface area contributed by atoms with Gasteiger partial charge in [-0.2, -0.15) is 4.98 Å². The number of aromatic amines is 1. The Kier molecular flexibility index (Phi) is 3.84. The van der Waals surface area contributed by atoms with E-state index in [0.717, 1.165) is 11.1 Å². The van der Waals surface area contributed by atoms with Crippen LogP contribution in [0.5, 0.6) is 6.01 Å². The van der Waals surface area contributed by atoms with E-state index in [1.807, 2.05) is 30.3 Å². The molecule has 0 saturated carbocycles. The highest BCUT2D eigenvalue weighted by molar-refractivity contribution is 7.76. The summed E-state index contributed by atoms with van der Waals surface area (Å²) in [5, 5.41) is 0. The molecule has 6 nitrogen and oxygen atoms in total. The summed E-state index contributed by atoms with van der Waals surface area (Å²) in [6.45, 7) is 0. The highest BCUT2D eigenvalue weighted by Crippen LogP contribution is 2.12. The van der Waals surface area contributed by atoms with Crippen LogP contribution in [0.25, 0.3) is 11.2 Å². The van der Waals surface area contributed by atoms with Gasteiger partial charge in [-0.1, -0.05) is 30.3 Å². The third-order valence-electron chi connectivity index (χ3n) is 2.75. The molecule has 2 heterocycles. The standard InChI is InChI=1S/C12H11BN4O2S/c20-19-13(6-9-4-2-1-3-5-9)18-12-14-7-10-11(17-12)16-8-15-10/h1-5,7-8,20H,6H2,(H,14,15,16,17). The Morgan fingerprint density at radius 2 is 2.05 bits per heavy atom. The Morgan fingerprint density at radius 3 is 2.85 bits per heavy atom. The second kappa shape index (κ2) is 5.93. The van der Waals surface area contributed by atoms with Crippen LogP contribution < -0.4 is 4.65 Å². The van der Waals surface area contributed by atoms with E-state index in [0.29, 0.717) is 12.0 Å². The fraction of sp³-hybridized carbons (Fsp3) is 0.0833. The van der Waals surface area contributed by atoms with Crippen LogP contribution in [-0.2, 0) is 10.4 Å². The number of nitrogens with zero attached hydrogens (tertiary/aromatic N) is 3. The first-order valence-electron chi connectivity index (χ1n) is 6.02. The maximum atomic E-state index is 5.57. The molecule has 100 valence electrons. The monoisotopic (exact) mass is 286 g/mol. The normalized spacial score (nSPS) is 10.7. The molecule has 0 atom stereocenters. The van der Waals surface area contributed by atoms with Gasteiger partial charge >= 0.3 is 13.1 Å². The maximum absolute atomic E-state index is 5.57. The van der Waals surface area contributed by atoms with Gasteiger partial charge in [0.15, 0.2) is 5.65 Å². The molecule has 0 unspecified atom stereocenters. The number of thiol groups is 1. The summed E-state index contributed by atoms with van der Waals surface area (Å²) < 4.78 is 10.6. The van der Waals surface area contributed by atoms with Gasteiger partial charge in [0, 0.05) is 6.32 Å². The van der Waals surface area contributed by atoms with Crippen molar-refractivity contribution in [2.24, 2.45) is 0 Å². The Labute approximate surface area is 121 Å². The largest absolute Gasteiger partial charge is 0.543 e. The molecule has 2 aromatic heterocycles. The van der Waals surface area contributed by atoms with Crippen LogP contribution in [0.15, 0.2) is 42.9 Å². The van der Waals surface area contributed by atoms with E-state index in [1.165, 1.54) is 0 Å². The van der Waals surface area contributed by atoms with Crippen molar-refractivity contribution >= 4 is 31.2 Å². The number of hydrogen-bond donors (Lipinski definition) is 2. The van der Waals surface area contributed by atoms with Gasteiger partial charge in [-0.25, -0.2) is 9.97 Å². The number of benzene rings is 1. The van der Waals surface area contributed by atoms with E-state index in [1.54, 1.807) is 12.5 Å². The van der Waals surface area contributed by atoms with Crippen LogP contribution in [0.2, 0.25) is 0 Å². The minimum Gasteiger partial charge on any atom is -0.506 e. The first-order valence-corrected chi connectivity index (χ1v) is 6.38. The molecule has 0 amide bonds. The molecule has 0 spiro atoms. The van der Waals surface area contributed by atoms with Gasteiger partial charge in [0.1, 0.15) is 5.52 Å². The van der Waals surface area contributed by atoms with Gasteiger partial charge in [0.05, 0.1) is 12.5 Å². The molecule has 20 heavy (non-hydrogen) atoms. The van der Waals surface area contributed by atoms with Crippen molar-refractivity contribution in [3.63, 3.8) is 0 Å². The Hall–Kier alpha value is -2.06. The van der Waals surface area contributed by atoms with Crippen LogP contribution in [0.3, 0.4) is 0 Å². The van der Waals surface area contributed by atoms with Crippen molar-refractivity contribution in [2.45, 2.75) is 6.32 Å². The smallest absolute Gasteiger partial charge is 0.506 e. The van der Waals surface area contributed by atoms with Crippen molar-refractivity contribution in [2.75, 3.05) is 0 Å². The van der Waals surface area contributed by atoms with Crippen molar-refractivity contribution < 1.29 is 8.75 Å². The first kappa shape index (κ1) is 13.0. The summed E-state index contributed by atoms with van der Waals surface area (Å²) in [5.74, 6) is 0. The fourth-order valence-corrected chi connectivity index (χ4v) is 1.92. The second-order valence-electron chi connectivity index (χ2n) is 4.13. The molecule has 0 bridgehead atoms. The Balaban J connectivity index is 1.73. The number of imidazole rings is 1. The third kappa shape index (κ3) is 2.92. The lowest BCUT2D eigenvalue weighted by atomic mass is 9.81. The molecular formula is C12H11BN4O2S. The predicted octanol–water partition coefficient (Wildman–Crippen LogP) is 1.86. The van der Waals surface area contributed by atoms with Crippen LogP contribution in [0, 0.1) is 0 Å². The van der Waals surface area contributed by atoms with Crippen molar-refractivity contribution in [1.82, 2.24) is 19.9 Å². The highest BCUT2D eigenvalue weighted by atomic mass is 32.1. The van der Waals surface area contributed by atoms with Gasteiger partial charge in [-0.3, -0.25) is 0 Å². The van der Waals surface area contributed by atoms with Crippen molar-refractivity contribution in [3.05, 3.63) is 48.4 Å². The number of fused-ring (bicyclic) bond motifs is 1. The van der Waals surface area contributed by atoms with Gasteiger partial charge < -0.3 is 13.7 Å². The van der Waals surface area contributed by atoms with Crippen LogP contribution >= 0.6 is 12.9 Å². The predicted molar refractivity (Wildman–Crippen MR) is 78.3 cm³/mol. The summed E-state index contributed by atoms with van der Waals surface area (Å²) in [7, 11) is -0.572. The lowest BCUT2D eigenvalue weighted by Crippen LogP contribution is -2.27. The third-order valence-corrected chi connectivity index (χ3v) is 2.99. The van der Waals surface area contributed by atoms with E-state index in [9.17, 15) is 0 Å². The lowest BCUT2D eigenvalue weighted by Gasteiger charge is -2.10. The second-order valence-corrected chi connectivity index (χ2v) is 4.35. The topological polar surface area (TPSA) is 72.9 Å². The van der Waals surface area contributed by atoms with Gasteiger partial charge in [-0.15, -0.1) is 0 Å². The van der Waals surface area contributed by atoms with Crippen LogP contribution in [-0.4, -0.2) is 27.1 Å². The molecule has 0 aliphatic heterocycles. The molecule has 0 saturated heterocycles. The van der Waals surface area contributed by atoms with Crippen molar-refractivity contribution in [3.8, 4) is 6.01 Å². The van der Waals surface area contributed by atoms with E-state index in [2.05, 4.69) is 32.8 Å². The van der Waals surface area contributed by atoms with E-state index in [4.69, 9.17) is 8.75 Å². The molecular weight excluding hydrogens is 275 g/mol. The number of rotatable bonds is 5. The van der Waals surface area contributed by atoms with Gasteiger partial charge in [0.2, 0.25) is 0 Å². The molecule has 1 N–H and O–H groups in total. The van der Waals surface area contributed by atoms with E-state index < -0.39 is 7.12 Å². The number of H-pyrrole nitrogens is 1. The molecule has 0 aliphatic rings. The summed E-state index contributed by atoms with van der Waals surface area (Å²) in [6.07, 6.45) is 3.72. The Morgan fingerprint density at radius 1 is 1.20 bits per heavy atom. The summed E-state index contributed by atoms with van der Waals surface area (Å²) in [6, 6.07) is 10.0. The van der Waals surface area contributed by atoms with E-state index >= 15 is 0 Å². The zero-order chi connectivity index (χ0) is 13.8. The molecule has 3 aromatic rings. The Bertz CT molecular complexity index is 694. The SMILES string of the molecule is SOB(Cc1ccccc1)Oc1ncc2[nH]cnc2n1. The average molecular weight is 286 g/mol. The number of hydrogen-bond acceptors (Lipinski definition) is 6. The molecule has 8 heteroatoms. The summed E-state index contributed by atoms with van der Waals surface area (Å²) in [4.78, 5) is 15.2. The maximum Gasteiger partial charge on any atom is 0.543 e. The average Bonchev–Trinajstić information content (AvgIpc) is 2.95. The quantitative estimate of drug-likeness (QED) is 0.425. The number of nitrogens with one attached hydrogen (secondary N) is 1. The first-order chi connectivity index (χ1) is 9.85. The fourth-order valence-electron chi connectivity index (χ4n) is 1.80. The van der Waals surface area contributed by atoms with Gasteiger partial charge in [0.25, 0.3) is 0 Å². The summed E-state index contributed by atoms with van der Waals surface area (Å²) in [5.41, 5.74) is 2.38. The minimum atomic E-state index is -0.572. The lowest BCUT2D eigenvalue weighted by molar-refractivity contribution is 0.432.